The highest BCUT2D eigenvalue weighted by molar-refractivity contribution is 7.86. The summed E-state index contributed by atoms with van der Waals surface area (Å²) in [4.78, 5) is 0. The van der Waals surface area contributed by atoms with Gasteiger partial charge >= 0.3 is 0 Å². The molecule has 2 unspecified atom stereocenters. The highest BCUT2D eigenvalue weighted by Crippen LogP contribution is 2.18. The molecule has 27 heavy (non-hydrogen) atoms. The summed E-state index contributed by atoms with van der Waals surface area (Å²) in [6.45, 7) is 4.19. The molecule has 0 bridgehead atoms. The number of unbranched alkanes of at least 4 members (excludes halogenated alkanes) is 11. The molecule has 0 aliphatic rings. The zero-order valence-corrected chi connectivity index (χ0v) is 18.8. The van der Waals surface area contributed by atoms with E-state index in [4.69, 9.17) is 0 Å². The summed E-state index contributed by atoms with van der Waals surface area (Å²) in [7, 11) is -3.89. The van der Waals surface area contributed by atoms with Crippen molar-refractivity contribution < 1.29 is 18.1 Å². The van der Waals surface area contributed by atoms with Crippen LogP contribution in [-0.4, -0.2) is 29.4 Å². The molecule has 0 fully saturated rings. The Morgan fingerprint density at radius 3 is 1.41 bits per heavy atom. The summed E-state index contributed by atoms with van der Waals surface area (Å²) in [5, 5.41) is 9.46. The minimum absolute atomic E-state index is 0.154. The van der Waals surface area contributed by atoms with Gasteiger partial charge < -0.3 is 5.11 Å². The second-order valence-electron chi connectivity index (χ2n) is 8.19. The lowest BCUT2D eigenvalue weighted by atomic mass is 10.0. The van der Waals surface area contributed by atoms with Crippen molar-refractivity contribution in [1.29, 1.82) is 0 Å². The van der Waals surface area contributed by atoms with Crippen LogP contribution in [0.15, 0.2) is 0 Å². The molecule has 0 spiro atoms. The van der Waals surface area contributed by atoms with Crippen molar-refractivity contribution in [2.24, 2.45) is 0 Å². The number of hydrogen-bond donors (Lipinski definition) is 2. The van der Waals surface area contributed by atoms with Crippen molar-refractivity contribution in [3.63, 3.8) is 0 Å². The molecule has 0 rings (SSSR count). The minimum atomic E-state index is -3.89. The zero-order valence-electron chi connectivity index (χ0n) is 18.0. The molecule has 2 atom stereocenters. The quantitative estimate of drug-likeness (QED) is 0.175. The molecule has 0 radical (unpaired) electrons. The lowest BCUT2D eigenvalue weighted by Gasteiger charge is -2.13. The number of rotatable bonds is 20. The van der Waals surface area contributed by atoms with Crippen molar-refractivity contribution >= 4 is 10.1 Å². The highest BCUT2D eigenvalue weighted by atomic mass is 32.2. The molecule has 0 aromatic carbocycles. The number of aliphatic hydroxyl groups excluding tert-OH is 1. The summed E-state index contributed by atoms with van der Waals surface area (Å²) < 4.78 is 31.8. The Hall–Kier alpha value is -0.130. The van der Waals surface area contributed by atoms with Gasteiger partial charge in [0.2, 0.25) is 0 Å². The molecule has 0 heterocycles. The van der Waals surface area contributed by atoms with E-state index in [1.807, 2.05) is 6.92 Å². The average molecular weight is 407 g/mol. The van der Waals surface area contributed by atoms with Crippen molar-refractivity contribution in [1.82, 2.24) is 0 Å². The molecule has 0 saturated carbocycles. The second-order valence-corrected chi connectivity index (χ2v) is 9.88. The molecule has 0 saturated heterocycles. The van der Waals surface area contributed by atoms with Crippen LogP contribution in [0.5, 0.6) is 0 Å². The first-order chi connectivity index (χ1) is 12.9. The Labute approximate surface area is 169 Å². The van der Waals surface area contributed by atoms with E-state index in [1.165, 1.54) is 44.9 Å². The van der Waals surface area contributed by atoms with Crippen LogP contribution >= 0.6 is 0 Å². The SMILES string of the molecule is CCCCCCCCCCC(O)CCCCCCCC(CCC)S(=O)(=O)O. The van der Waals surface area contributed by atoms with Gasteiger partial charge in [0.05, 0.1) is 11.4 Å². The fraction of sp³-hybridized carbons (Fsp3) is 1.00. The van der Waals surface area contributed by atoms with E-state index in [9.17, 15) is 18.1 Å². The van der Waals surface area contributed by atoms with E-state index in [-0.39, 0.29) is 6.10 Å². The lowest BCUT2D eigenvalue weighted by molar-refractivity contribution is 0.147. The van der Waals surface area contributed by atoms with Gasteiger partial charge in [-0.2, -0.15) is 8.42 Å². The van der Waals surface area contributed by atoms with Gasteiger partial charge in [-0.15, -0.1) is 0 Å². The molecular formula is C22H46O4S. The largest absolute Gasteiger partial charge is 0.393 e. The van der Waals surface area contributed by atoms with Gasteiger partial charge in [-0.1, -0.05) is 104 Å². The monoisotopic (exact) mass is 406 g/mol. The first-order valence-corrected chi connectivity index (χ1v) is 13.1. The van der Waals surface area contributed by atoms with Crippen LogP contribution < -0.4 is 0 Å². The predicted molar refractivity (Wildman–Crippen MR) is 116 cm³/mol. The van der Waals surface area contributed by atoms with Gasteiger partial charge in [-0.05, 0) is 25.7 Å². The van der Waals surface area contributed by atoms with E-state index >= 15 is 0 Å². The van der Waals surface area contributed by atoms with Crippen LogP contribution in [0.1, 0.15) is 129 Å². The van der Waals surface area contributed by atoms with Gasteiger partial charge in [0.1, 0.15) is 0 Å². The highest BCUT2D eigenvalue weighted by Gasteiger charge is 2.21. The van der Waals surface area contributed by atoms with Crippen molar-refractivity contribution in [3.8, 4) is 0 Å². The Morgan fingerprint density at radius 1 is 0.593 bits per heavy atom. The van der Waals surface area contributed by atoms with E-state index < -0.39 is 15.4 Å². The van der Waals surface area contributed by atoms with Crippen molar-refractivity contribution in [2.75, 3.05) is 0 Å². The Bertz CT molecular complexity index is 409. The molecule has 2 N–H and O–H groups in total. The number of hydrogen-bond acceptors (Lipinski definition) is 3. The Kier molecular flexibility index (Phi) is 17.8. The summed E-state index contributed by atoms with van der Waals surface area (Å²) >= 11 is 0. The molecule has 164 valence electrons. The molecule has 4 nitrogen and oxygen atoms in total. The van der Waals surface area contributed by atoms with E-state index in [0.29, 0.717) is 12.8 Å². The summed E-state index contributed by atoms with van der Waals surface area (Å²) in [5.74, 6) is 0. The van der Waals surface area contributed by atoms with Crippen LogP contribution in [0.4, 0.5) is 0 Å². The molecule has 0 aliphatic heterocycles. The van der Waals surface area contributed by atoms with Crippen LogP contribution in [0, 0.1) is 0 Å². The standard InChI is InChI=1S/C22H46O4S/c1-3-5-6-7-8-9-11-14-18-21(23)19-15-12-10-13-16-20-22(17-4-2)27(24,25)26/h21-23H,3-20H2,1-2H3,(H,24,25,26). The predicted octanol–water partition coefficient (Wildman–Crippen LogP) is 6.67. The van der Waals surface area contributed by atoms with E-state index in [1.54, 1.807) is 0 Å². The summed E-state index contributed by atoms with van der Waals surface area (Å²) in [5.41, 5.74) is 0. The van der Waals surface area contributed by atoms with Crippen LogP contribution in [0.2, 0.25) is 0 Å². The maximum absolute atomic E-state index is 11.3. The van der Waals surface area contributed by atoms with Crippen LogP contribution in [-0.2, 0) is 10.1 Å². The third-order valence-electron chi connectivity index (χ3n) is 5.49. The molecular weight excluding hydrogens is 360 g/mol. The Balaban J connectivity index is 3.46. The zero-order chi connectivity index (χ0) is 20.4. The summed E-state index contributed by atoms with van der Waals surface area (Å²) in [6.07, 6.45) is 19.1. The second kappa shape index (κ2) is 17.9. The summed E-state index contributed by atoms with van der Waals surface area (Å²) in [6, 6.07) is 0. The van der Waals surface area contributed by atoms with E-state index in [0.717, 1.165) is 57.8 Å². The normalized spacial score (nSPS) is 14.4. The van der Waals surface area contributed by atoms with Gasteiger partial charge in [0.25, 0.3) is 10.1 Å². The first kappa shape index (κ1) is 26.9. The molecule has 0 aliphatic carbocycles. The van der Waals surface area contributed by atoms with Gasteiger partial charge in [0.15, 0.2) is 0 Å². The maximum Gasteiger partial charge on any atom is 0.267 e. The molecule has 0 aromatic rings. The van der Waals surface area contributed by atoms with Crippen LogP contribution in [0.25, 0.3) is 0 Å². The fourth-order valence-corrected chi connectivity index (χ4v) is 4.70. The Morgan fingerprint density at radius 2 is 1.00 bits per heavy atom. The smallest absolute Gasteiger partial charge is 0.267 e. The third kappa shape index (κ3) is 17.7. The number of aliphatic hydroxyl groups is 1. The van der Waals surface area contributed by atoms with Gasteiger partial charge in [-0.3, -0.25) is 4.55 Å². The fourth-order valence-electron chi connectivity index (χ4n) is 3.70. The van der Waals surface area contributed by atoms with Crippen molar-refractivity contribution in [2.45, 2.75) is 141 Å². The minimum Gasteiger partial charge on any atom is -0.393 e. The van der Waals surface area contributed by atoms with Crippen LogP contribution in [0.3, 0.4) is 0 Å². The lowest BCUT2D eigenvalue weighted by Crippen LogP contribution is -2.20. The topological polar surface area (TPSA) is 74.6 Å². The maximum atomic E-state index is 11.3. The third-order valence-corrected chi connectivity index (χ3v) is 6.80. The van der Waals surface area contributed by atoms with Gasteiger partial charge in [0, 0.05) is 0 Å². The van der Waals surface area contributed by atoms with Crippen molar-refractivity contribution in [3.05, 3.63) is 0 Å². The van der Waals surface area contributed by atoms with E-state index in [2.05, 4.69) is 6.92 Å². The molecule has 0 amide bonds. The average Bonchev–Trinajstić information content (AvgIpc) is 2.61. The van der Waals surface area contributed by atoms with Gasteiger partial charge in [-0.25, -0.2) is 0 Å². The molecule has 5 heteroatoms. The first-order valence-electron chi connectivity index (χ1n) is 11.6. The molecule has 0 aromatic heterocycles.